The van der Waals surface area contributed by atoms with Gasteiger partial charge in [0.1, 0.15) is 0 Å². The van der Waals surface area contributed by atoms with Gasteiger partial charge in [0.05, 0.1) is 12.3 Å². The number of hydrogen-bond donors (Lipinski definition) is 0. The average molecular weight is 430 g/mol. The molecule has 170 valence electrons. The number of amides is 2. The van der Waals surface area contributed by atoms with Crippen molar-refractivity contribution in [2.45, 2.75) is 57.3 Å². The molecule has 0 spiro atoms. The molecule has 3 heterocycles. The largest absolute Gasteiger partial charge is 0.383 e. The third-order valence-electron chi connectivity index (χ3n) is 7.24. The Kier molecular flexibility index (Phi) is 7.43. The Morgan fingerprint density at radius 3 is 2.68 bits per heavy atom. The Hall–Kier alpha value is -2.15. The summed E-state index contributed by atoms with van der Waals surface area (Å²) in [7, 11) is 1.66. The number of carbonyl (C=O) groups is 2. The van der Waals surface area contributed by atoms with E-state index in [-0.39, 0.29) is 17.7 Å². The molecule has 1 aromatic heterocycles. The molecule has 0 unspecified atom stereocenters. The molecule has 0 bridgehead atoms. The van der Waals surface area contributed by atoms with Gasteiger partial charge >= 0.3 is 0 Å². The number of rotatable bonds is 6. The third kappa shape index (κ3) is 5.20. The predicted molar refractivity (Wildman–Crippen MR) is 117 cm³/mol. The molecule has 31 heavy (non-hydrogen) atoms. The van der Waals surface area contributed by atoms with E-state index in [1.165, 1.54) is 19.3 Å². The smallest absolute Gasteiger partial charge is 0.292 e. The van der Waals surface area contributed by atoms with Crippen LogP contribution in [0.3, 0.4) is 0 Å². The van der Waals surface area contributed by atoms with Crippen LogP contribution in [0.15, 0.2) is 22.7 Å². The standard InChI is InChI=1S/C24H35N3O4/c1-30-16-15-26-12-6-5-9-20(23(26)28)18-10-13-27(14-11-18)24(29)22-17-21(25-31-22)19-7-3-2-4-8-19/h5-6,17-20H,2-4,7-16H2,1H3/t20-/m0/s1. The van der Waals surface area contributed by atoms with Gasteiger partial charge in [-0.25, -0.2) is 0 Å². The van der Waals surface area contributed by atoms with Crippen LogP contribution >= 0.6 is 0 Å². The van der Waals surface area contributed by atoms with Crippen molar-refractivity contribution in [1.29, 1.82) is 0 Å². The van der Waals surface area contributed by atoms with Crippen LogP contribution in [0.2, 0.25) is 0 Å². The average Bonchev–Trinajstić information content (AvgIpc) is 3.24. The first-order valence-corrected chi connectivity index (χ1v) is 11.9. The lowest BCUT2D eigenvalue weighted by atomic mass is 9.81. The van der Waals surface area contributed by atoms with Crippen molar-refractivity contribution in [3.8, 4) is 0 Å². The highest BCUT2D eigenvalue weighted by molar-refractivity contribution is 5.91. The first kappa shape index (κ1) is 22.1. The van der Waals surface area contributed by atoms with Crippen LogP contribution in [0.4, 0.5) is 0 Å². The van der Waals surface area contributed by atoms with Crippen molar-refractivity contribution in [2.24, 2.45) is 11.8 Å². The molecule has 0 aromatic carbocycles. The van der Waals surface area contributed by atoms with Gasteiger partial charge in [0.15, 0.2) is 0 Å². The number of ether oxygens (including phenoxy) is 1. The fraction of sp³-hybridized carbons (Fsp3) is 0.708. The summed E-state index contributed by atoms with van der Waals surface area (Å²) in [5, 5.41) is 4.21. The Balaban J connectivity index is 1.32. The maximum Gasteiger partial charge on any atom is 0.292 e. The van der Waals surface area contributed by atoms with Crippen LogP contribution in [0.1, 0.15) is 73.5 Å². The van der Waals surface area contributed by atoms with Gasteiger partial charge < -0.3 is 19.1 Å². The Morgan fingerprint density at radius 2 is 1.94 bits per heavy atom. The molecule has 1 saturated carbocycles. The van der Waals surface area contributed by atoms with Crippen LogP contribution in [0, 0.1) is 11.8 Å². The van der Waals surface area contributed by atoms with Crippen molar-refractivity contribution < 1.29 is 18.8 Å². The highest BCUT2D eigenvalue weighted by atomic mass is 16.5. The van der Waals surface area contributed by atoms with Crippen LogP contribution in [-0.2, 0) is 9.53 Å². The highest BCUT2D eigenvalue weighted by Crippen LogP contribution is 2.33. The second-order valence-electron chi connectivity index (χ2n) is 9.17. The zero-order chi connectivity index (χ0) is 21.6. The first-order valence-electron chi connectivity index (χ1n) is 11.9. The van der Waals surface area contributed by atoms with Crippen molar-refractivity contribution >= 4 is 11.8 Å². The molecule has 4 rings (SSSR count). The van der Waals surface area contributed by atoms with E-state index in [1.807, 2.05) is 15.9 Å². The molecular weight excluding hydrogens is 394 g/mol. The van der Waals surface area contributed by atoms with Crippen LogP contribution in [-0.4, -0.2) is 66.7 Å². The van der Waals surface area contributed by atoms with Gasteiger partial charge in [0.2, 0.25) is 11.7 Å². The lowest BCUT2D eigenvalue weighted by Crippen LogP contribution is -2.44. The van der Waals surface area contributed by atoms with Gasteiger partial charge in [-0.1, -0.05) is 36.6 Å². The highest BCUT2D eigenvalue weighted by Gasteiger charge is 2.35. The van der Waals surface area contributed by atoms with E-state index in [1.54, 1.807) is 7.11 Å². The number of likely N-dealkylation sites (tertiary alicyclic amines) is 1. The van der Waals surface area contributed by atoms with Crippen LogP contribution in [0.25, 0.3) is 0 Å². The molecule has 2 fully saturated rings. The number of nitrogens with zero attached hydrogens (tertiary/aromatic N) is 3. The first-order chi connectivity index (χ1) is 15.2. The van der Waals surface area contributed by atoms with Crippen molar-refractivity contribution in [2.75, 3.05) is 39.9 Å². The van der Waals surface area contributed by atoms with E-state index in [0.717, 1.165) is 37.8 Å². The fourth-order valence-electron chi connectivity index (χ4n) is 5.31. The molecule has 3 aliphatic rings. The molecule has 1 saturated heterocycles. The van der Waals surface area contributed by atoms with E-state index >= 15 is 0 Å². The summed E-state index contributed by atoms with van der Waals surface area (Å²) in [4.78, 5) is 29.8. The summed E-state index contributed by atoms with van der Waals surface area (Å²) >= 11 is 0. The third-order valence-corrected chi connectivity index (χ3v) is 7.24. The topological polar surface area (TPSA) is 75.9 Å². The van der Waals surface area contributed by atoms with Crippen LogP contribution < -0.4 is 0 Å². The summed E-state index contributed by atoms with van der Waals surface area (Å²) in [5.41, 5.74) is 0.935. The molecule has 7 nitrogen and oxygen atoms in total. The van der Waals surface area contributed by atoms with E-state index in [0.29, 0.717) is 50.4 Å². The lowest BCUT2D eigenvalue weighted by molar-refractivity contribution is -0.137. The van der Waals surface area contributed by atoms with Gasteiger partial charge in [-0.3, -0.25) is 9.59 Å². The van der Waals surface area contributed by atoms with E-state index in [4.69, 9.17) is 9.26 Å². The summed E-state index contributed by atoms with van der Waals surface area (Å²) in [6.07, 6.45) is 12.7. The minimum absolute atomic E-state index is 0.00367. The summed E-state index contributed by atoms with van der Waals surface area (Å²) < 4.78 is 10.6. The minimum Gasteiger partial charge on any atom is -0.383 e. The van der Waals surface area contributed by atoms with Gasteiger partial charge in [-0.05, 0) is 38.0 Å². The summed E-state index contributed by atoms with van der Waals surface area (Å²) in [6, 6.07) is 1.86. The molecule has 1 aliphatic carbocycles. The minimum atomic E-state index is -0.0678. The van der Waals surface area contributed by atoms with E-state index < -0.39 is 0 Å². The fourth-order valence-corrected chi connectivity index (χ4v) is 5.31. The number of allylic oxidation sites excluding steroid dienone is 1. The SMILES string of the molecule is COCCN1CC=CC[C@@H](C2CCN(C(=O)c3cc(C4CCCCC4)no3)CC2)C1=O. The van der Waals surface area contributed by atoms with Crippen molar-refractivity contribution in [3.05, 3.63) is 29.7 Å². The molecule has 1 aromatic rings. The van der Waals surface area contributed by atoms with Crippen molar-refractivity contribution in [3.63, 3.8) is 0 Å². The monoisotopic (exact) mass is 429 g/mol. The second kappa shape index (κ2) is 10.4. The molecule has 0 N–H and O–H groups in total. The Morgan fingerprint density at radius 1 is 1.16 bits per heavy atom. The van der Waals surface area contributed by atoms with E-state index in [9.17, 15) is 9.59 Å². The maximum absolute atomic E-state index is 13.1. The zero-order valence-corrected chi connectivity index (χ0v) is 18.6. The molecule has 0 radical (unpaired) electrons. The summed E-state index contributed by atoms with van der Waals surface area (Å²) in [6.45, 7) is 3.16. The van der Waals surface area contributed by atoms with Gasteiger partial charge in [0, 0.05) is 51.2 Å². The zero-order valence-electron chi connectivity index (χ0n) is 18.6. The number of carbonyl (C=O) groups excluding carboxylic acids is 2. The Bertz CT molecular complexity index is 776. The van der Waals surface area contributed by atoms with Gasteiger partial charge in [-0.2, -0.15) is 0 Å². The number of piperidine rings is 1. The van der Waals surface area contributed by atoms with Crippen LogP contribution in [0.5, 0.6) is 0 Å². The normalized spacial score (nSPS) is 23.9. The molecule has 2 amide bonds. The molecule has 1 atom stereocenters. The number of hydrogen-bond acceptors (Lipinski definition) is 5. The number of methoxy groups -OCH3 is 1. The number of aromatic nitrogens is 1. The predicted octanol–water partition coefficient (Wildman–Crippen LogP) is 3.63. The lowest BCUT2D eigenvalue weighted by Gasteiger charge is -2.36. The van der Waals surface area contributed by atoms with E-state index in [2.05, 4.69) is 17.3 Å². The maximum atomic E-state index is 13.1. The quantitative estimate of drug-likeness (QED) is 0.646. The second-order valence-corrected chi connectivity index (χ2v) is 9.17. The molecular formula is C24H35N3O4. The van der Waals surface area contributed by atoms with Gasteiger partial charge in [0.25, 0.3) is 5.91 Å². The molecule has 2 aliphatic heterocycles. The molecule has 7 heteroatoms. The Labute approximate surface area is 184 Å². The summed E-state index contributed by atoms with van der Waals surface area (Å²) in [5.74, 6) is 1.24. The van der Waals surface area contributed by atoms with Gasteiger partial charge in [-0.15, -0.1) is 0 Å². The van der Waals surface area contributed by atoms with Crippen molar-refractivity contribution in [1.82, 2.24) is 15.0 Å².